The molecule has 0 saturated carbocycles. The van der Waals surface area contributed by atoms with Crippen molar-refractivity contribution in [2.75, 3.05) is 19.7 Å². The minimum Gasteiger partial charge on any atom is -0.494 e. The molecule has 1 aliphatic heterocycles. The topological polar surface area (TPSA) is 39.5 Å². The van der Waals surface area contributed by atoms with Crippen LogP contribution in [0.15, 0.2) is 79.0 Å². The number of hydrogen-bond acceptors (Lipinski definition) is 4. The lowest BCUT2D eigenvalue weighted by Gasteiger charge is -2.23. The lowest BCUT2D eigenvalue weighted by Crippen LogP contribution is -2.27. The molecule has 0 radical (unpaired) electrons. The van der Waals surface area contributed by atoms with E-state index in [0.29, 0.717) is 12.3 Å². The third-order valence-electron chi connectivity index (χ3n) is 6.32. The first-order valence-corrected chi connectivity index (χ1v) is 12.2. The van der Waals surface area contributed by atoms with Crippen LogP contribution in [0.4, 0.5) is 8.78 Å². The number of halogens is 2. The highest BCUT2D eigenvalue weighted by atomic mass is 19.1. The molecule has 0 aliphatic carbocycles. The molecule has 7 heteroatoms. The van der Waals surface area contributed by atoms with Gasteiger partial charge in [0.1, 0.15) is 23.6 Å². The van der Waals surface area contributed by atoms with Crippen LogP contribution in [0.3, 0.4) is 0 Å². The van der Waals surface area contributed by atoms with E-state index in [-0.39, 0.29) is 24.0 Å². The predicted octanol–water partition coefficient (Wildman–Crippen LogP) is 6.18. The second-order valence-corrected chi connectivity index (χ2v) is 8.98. The van der Waals surface area contributed by atoms with Gasteiger partial charge >= 0.3 is 0 Å². The zero-order valence-electron chi connectivity index (χ0n) is 20.4. The van der Waals surface area contributed by atoms with Gasteiger partial charge in [0, 0.05) is 30.4 Å². The number of aromatic nitrogens is 2. The summed E-state index contributed by atoms with van der Waals surface area (Å²) in [6, 6.07) is 20.7. The number of rotatable bonds is 8. The largest absolute Gasteiger partial charge is 0.494 e. The van der Waals surface area contributed by atoms with Crippen molar-refractivity contribution in [3.05, 3.63) is 102 Å². The molecule has 0 amide bonds. The maximum atomic E-state index is 13.7. The van der Waals surface area contributed by atoms with Crippen molar-refractivity contribution in [2.24, 2.45) is 0 Å². The second-order valence-electron chi connectivity index (χ2n) is 8.98. The fourth-order valence-electron chi connectivity index (χ4n) is 4.57. The first kappa shape index (κ1) is 24.2. The van der Waals surface area contributed by atoms with Gasteiger partial charge in [0.15, 0.2) is 0 Å². The van der Waals surface area contributed by atoms with Crippen LogP contribution in [0.2, 0.25) is 0 Å². The molecule has 1 fully saturated rings. The molecule has 5 nitrogen and oxygen atoms in total. The summed E-state index contributed by atoms with van der Waals surface area (Å²) >= 11 is 0. The fraction of sp³-hybridized carbons (Fsp3) is 0.276. The SMILES string of the molecule is CCOc1ccc(CCN2CC(C)OC2c2cn(-c3ccc(F)cc3)nc2-c2ccc(F)cc2)cc1. The van der Waals surface area contributed by atoms with Gasteiger partial charge < -0.3 is 9.47 Å². The van der Waals surface area contributed by atoms with E-state index in [1.54, 1.807) is 28.9 Å². The Morgan fingerprint density at radius 2 is 1.61 bits per heavy atom. The Morgan fingerprint density at radius 1 is 0.944 bits per heavy atom. The van der Waals surface area contributed by atoms with Crippen molar-refractivity contribution in [2.45, 2.75) is 32.6 Å². The lowest BCUT2D eigenvalue weighted by atomic mass is 10.1. The van der Waals surface area contributed by atoms with Gasteiger partial charge in [0.25, 0.3) is 0 Å². The van der Waals surface area contributed by atoms with Crippen molar-refractivity contribution < 1.29 is 18.3 Å². The molecule has 186 valence electrons. The maximum absolute atomic E-state index is 13.7. The van der Waals surface area contributed by atoms with Crippen molar-refractivity contribution >= 4 is 0 Å². The van der Waals surface area contributed by atoms with E-state index >= 15 is 0 Å². The second kappa shape index (κ2) is 10.6. The Hall–Kier alpha value is -3.55. The zero-order chi connectivity index (χ0) is 25.1. The van der Waals surface area contributed by atoms with E-state index < -0.39 is 0 Å². The fourth-order valence-corrected chi connectivity index (χ4v) is 4.57. The molecule has 2 atom stereocenters. The Balaban J connectivity index is 1.44. The van der Waals surface area contributed by atoms with Gasteiger partial charge in [0.2, 0.25) is 0 Å². The van der Waals surface area contributed by atoms with E-state index in [4.69, 9.17) is 14.6 Å². The summed E-state index contributed by atoms with van der Waals surface area (Å²) in [7, 11) is 0. The Morgan fingerprint density at radius 3 is 2.28 bits per heavy atom. The first-order valence-electron chi connectivity index (χ1n) is 12.2. The smallest absolute Gasteiger partial charge is 0.140 e. The average molecular weight is 490 g/mol. The van der Waals surface area contributed by atoms with Crippen LogP contribution < -0.4 is 4.74 Å². The Kier molecular flexibility index (Phi) is 7.11. The van der Waals surface area contributed by atoms with E-state index in [1.165, 1.54) is 29.8 Å². The molecule has 3 aromatic carbocycles. The van der Waals surface area contributed by atoms with Crippen molar-refractivity contribution in [3.63, 3.8) is 0 Å². The van der Waals surface area contributed by atoms with Crippen LogP contribution in [-0.2, 0) is 11.2 Å². The maximum Gasteiger partial charge on any atom is 0.140 e. The highest BCUT2D eigenvalue weighted by Crippen LogP contribution is 2.37. The quantitative estimate of drug-likeness (QED) is 0.296. The summed E-state index contributed by atoms with van der Waals surface area (Å²) in [5, 5.41) is 4.81. The predicted molar refractivity (Wildman–Crippen MR) is 135 cm³/mol. The summed E-state index contributed by atoms with van der Waals surface area (Å²) in [5.74, 6) is 0.258. The van der Waals surface area contributed by atoms with Crippen LogP contribution >= 0.6 is 0 Å². The molecule has 1 aliphatic rings. The average Bonchev–Trinajstić information content (AvgIpc) is 3.48. The summed E-state index contributed by atoms with van der Waals surface area (Å²) < 4.78 is 40.8. The number of benzene rings is 3. The van der Waals surface area contributed by atoms with Gasteiger partial charge in [0.05, 0.1) is 24.1 Å². The molecule has 4 aromatic rings. The minimum atomic E-state index is -0.308. The van der Waals surface area contributed by atoms with Gasteiger partial charge in [-0.1, -0.05) is 12.1 Å². The van der Waals surface area contributed by atoms with Gasteiger partial charge in [-0.3, -0.25) is 4.90 Å². The molecule has 5 rings (SSSR count). The van der Waals surface area contributed by atoms with Gasteiger partial charge in [-0.15, -0.1) is 0 Å². The molecule has 1 aromatic heterocycles. The van der Waals surface area contributed by atoms with Crippen LogP contribution in [-0.4, -0.2) is 40.5 Å². The van der Waals surface area contributed by atoms with Crippen LogP contribution in [0, 0.1) is 11.6 Å². The van der Waals surface area contributed by atoms with E-state index in [9.17, 15) is 8.78 Å². The molecule has 2 unspecified atom stereocenters. The molecular formula is C29H29F2N3O2. The molecule has 0 spiro atoms. The summed E-state index contributed by atoms with van der Waals surface area (Å²) in [6.07, 6.45) is 2.53. The molecule has 2 heterocycles. The number of hydrogen-bond donors (Lipinski definition) is 0. The standard InChI is InChI=1S/C29H29F2N3O2/c1-3-35-26-14-4-21(5-15-26)16-17-33-18-20(2)36-29(33)27-19-34(25-12-10-24(31)11-13-25)32-28(27)22-6-8-23(30)9-7-22/h4-15,19-20,29H,3,16-18H2,1-2H3. The molecule has 36 heavy (non-hydrogen) atoms. The van der Waals surface area contributed by atoms with Crippen LogP contribution in [0.1, 0.15) is 31.2 Å². The molecule has 0 bridgehead atoms. The van der Waals surface area contributed by atoms with Gasteiger partial charge in [-0.05, 0) is 86.5 Å². The number of ether oxygens (including phenoxy) is 2. The molecule has 0 N–H and O–H groups in total. The molecular weight excluding hydrogens is 460 g/mol. The lowest BCUT2D eigenvalue weighted by molar-refractivity contribution is 0.00521. The van der Waals surface area contributed by atoms with E-state index in [1.807, 2.05) is 25.3 Å². The zero-order valence-corrected chi connectivity index (χ0v) is 20.4. The third-order valence-corrected chi connectivity index (χ3v) is 6.32. The van der Waals surface area contributed by atoms with E-state index in [2.05, 4.69) is 24.0 Å². The van der Waals surface area contributed by atoms with Crippen molar-refractivity contribution in [1.82, 2.24) is 14.7 Å². The highest BCUT2D eigenvalue weighted by molar-refractivity contribution is 5.64. The van der Waals surface area contributed by atoms with Crippen molar-refractivity contribution in [3.8, 4) is 22.7 Å². The van der Waals surface area contributed by atoms with E-state index in [0.717, 1.165) is 42.1 Å². The van der Waals surface area contributed by atoms with Crippen LogP contribution in [0.25, 0.3) is 16.9 Å². The summed E-state index contributed by atoms with van der Waals surface area (Å²) in [4.78, 5) is 2.31. The van der Waals surface area contributed by atoms with Gasteiger partial charge in [-0.25, -0.2) is 13.5 Å². The monoisotopic (exact) mass is 489 g/mol. The highest BCUT2D eigenvalue weighted by Gasteiger charge is 2.34. The summed E-state index contributed by atoms with van der Waals surface area (Å²) in [6.45, 7) is 6.26. The van der Waals surface area contributed by atoms with Gasteiger partial charge in [-0.2, -0.15) is 5.10 Å². The molecule has 1 saturated heterocycles. The Labute approximate surface area is 209 Å². The Bertz CT molecular complexity index is 1290. The first-order chi connectivity index (χ1) is 17.5. The van der Waals surface area contributed by atoms with Crippen molar-refractivity contribution in [1.29, 1.82) is 0 Å². The minimum absolute atomic E-state index is 0.0468. The number of nitrogens with zero attached hydrogens (tertiary/aromatic N) is 3. The third kappa shape index (κ3) is 5.32. The summed E-state index contributed by atoms with van der Waals surface area (Å²) in [5.41, 5.74) is 4.35. The van der Waals surface area contributed by atoms with Crippen LogP contribution in [0.5, 0.6) is 5.75 Å². The normalized spacial score (nSPS) is 18.0.